The SMILES string of the molecule is C=C(C)C(=O)Nc1cc(C)c(C(=O)O)cc1C. The normalized spacial score (nSPS) is 9.82. The van der Waals surface area contributed by atoms with E-state index in [9.17, 15) is 9.59 Å². The quantitative estimate of drug-likeness (QED) is 0.788. The molecule has 0 radical (unpaired) electrons. The lowest BCUT2D eigenvalue weighted by Gasteiger charge is -2.11. The van der Waals surface area contributed by atoms with Crippen LogP contribution in [0.1, 0.15) is 28.4 Å². The summed E-state index contributed by atoms with van der Waals surface area (Å²) in [6.07, 6.45) is 0. The van der Waals surface area contributed by atoms with E-state index >= 15 is 0 Å². The molecule has 1 amide bonds. The van der Waals surface area contributed by atoms with E-state index in [-0.39, 0.29) is 11.5 Å². The van der Waals surface area contributed by atoms with Crippen LogP contribution in [-0.4, -0.2) is 17.0 Å². The van der Waals surface area contributed by atoms with Gasteiger partial charge in [-0.2, -0.15) is 0 Å². The lowest BCUT2D eigenvalue weighted by molar-refractivity contribution is -0.112. The van der Waals surface area contributed by atoms with Gasteiger partial charge in [-0.05, 0) is 44.0 Å². The summed E-state index contributed by atoms with van der Waals surface area (Å²) in [7, 11) is 0. The Morgan fingerprint density at radius 2 is 1.82 bits per heavy atom. The highest BCUT2D eigenvalue weighted by atomic mass is 16.4. The molecule has 17 heavy (non-hydrogen) atoms. The van der Waals surface area contributed by atoms with E-state index in [0.29, 0.717) is 22.4 Å². The summed E-state index contributed by atoms with van der Waals surface area (Å²) in [5.74, 6) is -1.24. The van der Waals surface area contributed by atoms with Gasteiger partial charge in [-0.25, -0.2) is 4.79 Å². The molecule has 1 aromatic carbocycles. The van der Waals surface area contributed by atoms with Gasteiger partial charge in [0.1, 0.15) is 0 Å². The Morgan fingerprint density at radius 3 is 2.29 bits per heavy atom. The topological polar surface area (TPSA) is 66.4 Å². The second-order valence-corrected chi connectivity index (χ2v) is 4.02. The van der Waals surface area contributed by atoms with E-state index in [0.717, 1.165) is 0 Å². The zero-order valence-electron chi connectivity index (χ0n) is 10.1. The molecule has 0 fully saturated rings. The molecule has 2 N–H and O–H groups in total. The monoisotopic (exact) mass is 233 g/mol. The Morgan fingerprint density at radius 1 is 1.24 bits per heavy atom. The Balaban J connectivity index is 3.12. The van der Waals surface area contributed by atoms with E-state index in [1.165, 1.54) is 0 Å². The van der Waals surface area contributed by atoms with Crippen molar-refractivity contribution in [1.29, 1.82) is 0 Å². The molecule has 0 aliphatic rings. The van der Waals surface area contributed by atoms with E-state index in [1.807, 2.05) is 0 Å². The Hall–Kier alpha value is -2.10. The maximum absolute atomic E-state index is 11.5. The Bertz CT molecular complexity index is 504. The number of rotatable bonds is 3. The van der Waals surface area contributed by atoms with E-state index in [1.54, 1.807) is 32.9 Å². The van der Waals surface area contributed by atoms with Crippen LogP contribution in [0.15, 0.2) is 24.3 Å². The van der Waals surface area contributed by atoms with Crippen molar-refractivity contribution in [2.45, 2.75) is 20.8 Å². The molecule has 90 valence electrons. The summed E-state index contributed by atoms with van der Waals surface area (Å²) < 4.78 is 0. The highest BCUT2D eigenvalue weighted by molar-refractivity contribution is 6.03. The molecule has 0 saturated heterocycles. The summed E-state index contributed by atoms with van der Waals surface area (Å²) in [5, 5.41) is 11.6. The first-order valence-electron chi connectivity index (χ1n) is 5.14. The fourth-order valence-corrected chi connectivity index (χ4v) is 1.41. The summed E-state index contributed by atoms with van der Waals surface area (Å²) in [6.45, 7) is 8.60. The van der Waals surface area contributed by atoms with E-state index in [4.69, 9.17) is 5.11 Å². The molecule has 0 bridgehead atoms. The number of anilines is 1. The van der Waals surface area contributed by atoms with Gasteiger partial charge >= 0.3 is 5.97 Å². The fraction of sp³-hybridized carbons (Fsp3) is 0.231. The third kappa shape index (κ3) is 2.93. The van der Waals surface area contributed by atoms with Crippen LogP contribution in [0.25, 0.3) is 0 Å². The molecule has 0 spiro atoms. The molecule has 0 aliphatic carbocycles. The average Bonchev–Trinajstić information content (AvgIpc) is 2.22. The maximum Gasteiger partial charge on any atom is 0.335 e. The molecule has 1 aromatic rings. The zero-order valence-corrected chi connectivity index (χ0v) is 10.1. The van der Waals surface area contributed by atoms with Crippen LogP contribution in [-0.2, 0) is 4.79 Å². The minimum atomic E-state index is -0.969. The predicted octanol–water partition coefficient (Wildman–Crippen LogP) is 2.52. The fourth-order valence-electron chi connectivity index (χ4n) is 1.41. The summed E-state index contributed by atoms with van der Waals surface area (Å²) >= 11 is 0. The molecule has 0 atom stereocenters. The highest BCUT2D eigenvalue weighted by Gasteiger charge is 2.12. The smallest absolute Gasteiger partial charge is 0.335 e. The van der Waals surface area contributed by atoms with E-state index < -0.39 is 5.97 Å². The third-order valence-corrected chi connectivity index (χ3v) is 2.44. The summed E-state index contributed by atoms with van der Waals surface area (Å²) in [4.78, 5) is 22.4. The van der Waals surface area contributed by atoms with Crippen LogP contribution in [0, 0.1) is 13.8 Å². The van der Waals surface area contributed by atoms with Gasteiger partial charge in [-0.3, -0.25) is 4.79 Å². The third-order valence-electron chi connectivity index (χ3n) is 2.44. The number of carboxylic acids is 1. The number of carboxylic acid groups (broad SMARTS) is 1. The van der Waals surface area contributed by atoms with Gasteiger partial charge in [0.25, 0.3) is 5.91 Å². The minimum Gasteiger partial charge on any atom is -0.478 e. The van der Waals surface area contributed by atoms with Crippen molar-refractivity contribution in [2.24, 2.45) is 0 Å². The molecule has 0 unspecified atom stereocenters. The van der Waals surface area contributed by atoms with Crippen LogP contribution >= 0.6 is 0 Å². The number of aromatic carboxylic acids is 1. The number of nitrogens with one attached hydrogen (secondary N) is 1. The highest BCUT2D eigenvalue weighted by Crippen LogP contribution is 2.21. The summed E-state index contributed by atoms with van der Waals surface area (Å²) in [6, 6.07) is 3.20. The van der Waals surface area contributed by atoms with Crippen molar-refractivity contribution in [3.05, 3.63) is 41.0 Å². The number of hydrogen-bond acceptors (Lipinski definition) is 2. The summed E-state index contributed by atoms with van der Waals surface area (Å²) in [5.41, 5.74) is 2.59. The second-order valence-electron chi connectivity index (χ2n) is 4.02. The van der Waals surface area contributed by atoms with Crippen molar-refractivity contribution in [2.75, 3.05) is 5.32 Å². The van der Waals surface area contributed by atoms with Crippen LogP contribution < -0.4 is 5.32 Å². The lowest BCUT2D eigenvalue weighted by atomic mass is 10.0. The van der Waals surface area contributed by atoms with Crippen LogP contribution in [0.5, 0.6) is 0 Å². The van der Waals surface area contributed by atoms with E-state index in [2.05, 4.69) is 11.9 Å². The van der Waals surface area contributed by atoms with Gasteiger partial charge in [0.05, 0.1) is 5.56 Å². The number of carbonyl (C=O) groups excluding carboxylic acids is 1. The van der Waals surface area contributed by atoms with Gasteiger partial charge in [0.15, 0.2) is 0 Å². The zero-order chi connectivity index (χ0) is 13.2. The van der Waals surface area contributed by atoms with Crippen molar-refractivity contribution in [1.82, 2.24) is 0 Å². The van der Waals surface area contributed by atoms with Crippen LogP contribution in [0.4, 0.5) is 5.69 Å². The largest absolute Gasteiger partial charge is 0.478 e. The molecule has 1 rings (SSSR count). The molecule has 0 saturated carbocycles. The second kappa shape index (κ2) is 4.82. The first kappa shape index (κ1) is 13.0. The number of hydrogen-bond donors (Lipinski definition) is 2. The van der Waals surface area contributed by atoms with Gasteiger partial charge in [0, 0.05) is 11.3 Å². The molecule has 0 aromatic heterocycles. The molecular weight excluding hydrogens is 218 g/mol. The lowest BCUT2D eigenvalue weighted by Crippen LogP contribution is -2.13. The number of amides is 1. The van der Waals surface area contributed by atoms with Gasteiger partial charge in [-0.15, -0.1) is 0 Å². The van der Waals surface area contributed by atoms with Crippen molar-refractivity contribution in [3.63, 3.8) is 0 Å². The number of benzene rings is 1. The standard InChI is InChI=1S/C13H15NO3/c1-7(2)12(15)14-11-6-8(3)10(13(16)17)5-9(11)4/h5-6H,1H2,2-4H3,(H,14,15)(H,16,17). The minimum absolute atomic E-state index is 0.246. The molecule has 0 aliphatic heterocycles. The van der Waals surface area contributed by atoms with Crippen molar-refractivity contribution in [3.8, 4) is 0 Å². The van der Waals surface area contributed by atoms with Crippen molar-refractivity contribution >= 4 is 17.6 Å². The van der Waals surface area contributed by atoms with Gasteiger partial charge < -0.3 is 10.4 Å². The molecule has 0 heterocycles. The average molecular weight is 233 g/mol. The first-order chi connectivity index (χ1) is 7.82. The van der Waals surface area contributed by atoms with Crippen LogP contribution in [0.2, 0.25) is 0 Å². The van der Waals surface area contributed by atoms with Gasteiger partial charge in [-0.1, -0.05) is 6.58 Å². The Kier molecular flexibility index (Phi) is 3.68. The Labute approximate surface area is 100.0 Å². The number of aryl methyl sites for hydroxylation is 2. The number of carbonyl (C=O) groups is 2. The molecule has 4 nitrogen and oxygen atoms in total. The molecular formula is C13H15NO3. The predicted molar refractivity (Wildman–Crippen MR) is 66.3 cm³/mol. The first-order valence-corrected chi connectivity index (χ1v) is 5.14. The van der Waals surface area contributed by atoms with Crippen LogP contribution in [0.3, 0.4) is 0 Å². The van der Waals surface area contributed by atoms with Gasteiger partial charge in [0.2, 0.25) is 0 Å². The molecule has 4 heteroatoms. The van der Waals surface area contributed by atoms with Crippen molar-refractivity contribution < 1.29 is 14.7 Å². The maximum atomic E-state index is 11.5.